The molecule has 0 amide bonds. The Morgan fingerprint density at radius 3 is 2.03 bits per heavy atom. The molecule has 15 heteroatoms. The molecule has 2 aliphatic rings. The van der Waals surface area contributed by atoms with E-state index in [1.807, 2.05) is 51.5 Å². The Labute approximate surface area is 417 Å². The smallest absolute Gasteiger partial charge is 0.355 e. The number of benzene rings is 1. The molecule has 0 fully saturated rings. The fourth-order valence-corrected chi connectivity index (χ4v) is 10.6. The molecule has 14 nitrogen and oxygen atoms in total. The van der Waals surface area contributed by atoms with Crippen LogP contribution in [0.3, 0.4) is 0 Å². The molecule has 0 radical (unpaired) electrons. The van der Waals surface area contributed by atoms with E-state index in [1.165, 1.54) is 77.0 Å². The molecule has 390 valence electrons. The van der Waals surface area contributed by atoms with Gasteiger partial charge >= 0.3 is 17.9 Å². The number of unbranched alkanes of at least 4 members (excludes halogenated alkanes) is 18. The number of rotatable bonds is 36. The number of pyridine rings is 2. The highest BCUT2D eigenvalue weighted by Gasteiger charge is 2.50. The van der Waals surface area contributed by atoms with Crippen LogP contribution in [0.2, 0.25) is 0 Å². The summed E-state index contributed by atoms with van der Waals surface area (Å²) >= 11 is 0. The van der Waals surface area contributed by atoms with Gasteiger partial charge in [-0.05, 0) is 43.9 Å². The Hall–Kier alpha value is -3.94. The van der Waals surface area contributed by atoms with Gasteiger partial charge in [-0.25, -0.2) is 9.78 Å². The maximum atomic E-state index is 13.9. The molecule has 3 aromatic rings. The number of nitrogens with zero attached hydrogens (tertiary/aromatic N) is 3. The molecule has 1 unspecified atom stereocenters. The number of aromatic nitrogens is 2. The highest BCUT2D eigenvalue weighted by molar-refractivity contribution is 7.51. The van der Waals surface area contributed by atoms with E-state index in [0.717, 1.165) is 42.1 Å². The van der Waals surface area contributed by atoms with E-state index in [0.29, 0.717) is 78.8 Å². The number of cyclic esters (lactones) is 1. The zero-order chi connectivity index (χ0) is 50.4. The second kappa shape index (κ2) is 28.9. The molecule has 70 heavy (non-hydrogen) atoms. The summed E-state index contributed by atoms with van der Waals surface area (Å²) in [6.45, 7) is 5.10. The molecule has 0 N–H and O–H groups in total. The van der Waals surface area contributed by atoms with Crippen molar-refractivity contribution in [3.05, 3.63) is 63.4 Å². The van der Waals surface area contributed by atoms with Gasteiger partial charge in [-0.2, -0.15) is 0 Å². The first kappa shape index (κ1) is 57.0. The summed E-state index contributed by atoms with van der Waals surface area (Å²) in [6, 6.07) is 11.5. The fraction of sp³-hybridized carbons (Fsp3) is 0.691. The van der Waals surface area contributed by atoms with Crippen LogP contribution in [0.25, 0.3) is 22.3 Å². The van der Waals surface area contributed by atoms with Gasteiger partial charge in [0.1, 0.15) is 20.3 Å². The summed E-state index contributed by atoms with van der Waals surface area (Å²) in [5, 5.41) is 0.967. The van der Waals surface area contributed by atoms with Gasteiger partial charge in [0, 0.05) is 48.5 Å². The monoisotopic (exact) mass is 994 g/mol. The molecule has 1 aromatic carbocycles. The van der Waals surface area contributed by atoms with Gasteiger partial charge in [-0.3, -0.25) is 14.4 Å². The topological polar surface area (TPSA) is 172 Å². The lowest BCUT2D eigenvalue weighted by Gasteiger charge is -2.35. The van der Waals surface area contributed by atoms with Crippen molar-refractivity contribution in [2.75, 3.05) is 53.7 Å². The van der Waals surface area contributed by atoms with E-state index < -0.39 is 37.2 Å². The van der Waals surface area contributed by atoms with Crippen LogP contribution in [-0.4, -0.2) is 91.7 Å². The van der Waals surface area contributed by atoms with Crippen molar-refractivity contribution in [2.45, 2.75) is 193 Å². The molecule has 3 atom stereocenters. The minimum absolute atomic E-state index is 0.0593. The van der Waals surface area contributed by atoms with E-state index in [-0.39, 0.29) is 50.8 Å². The quantitative estimate of drug-likeness (QED) is 0.0139. The van der Waals surface area contributed by atoms with Crippen molar-refractivity contribution in [1.29, 1.82) is 0 Å². The standard InChI is InChI=1S/C55H84N3O11P/c1-6-8-9-10-11-12-13-14-15-16-17-18-19-23-28-35-65-40-45(41-67-70(63,64)36-29-34-58(3,4)5)68-50(59)32-24-21-20-22-25-33-51(60)69-55(7-2)47-38-49-52-44(37-43-30-26-27-31-48(43)56-52)39-57(49)53(61)46(47)42-66-54(55)62/h26-27,30-31,37-38,45H,6-25,28-29,32-36,39-42H2,1-5H3/t45-,55+/m1/s1. The minimum Gasteiger partial charge on any atom is -0.778 e. The maximum absolute atomic E-state index is 13.9. The Bertz CT molecular complexity index is 2240. The number of carbonyl (C=O) groups excluding carboxylic acids is 3. The molecule has 2 aliphatic heterocycles. The molecule has 0 aliphatic carbocycles. The van der Waals surface area contributed by atoms with E-state index in [4.69, 9.17) is 28.5 Å². The molecular weight excluding hydrogens is 910 g/mol. The van der Waals surface area contributed by atoms with Crippen molar-refractivity contribution < 1.29 is 51.8 Å². The second-order valence-corrected chi connectivity index (χ2v) is 22.6. The number of hydrogen-bond donors (Lipinski definition) is 0. The van der Waals surface area contributed by atoms with Crippen LogP contribution in [0.1, 0.15) is 185 Å². The molecule has 4 heterocycles. The van der Waals surface area contributed by atoms with Crippen LogP contribution in [0, 0.1) is 0 Å². The van der Waals surface area contributed by atoms with Crippen LogP contribution in [-0.2, 0) is 61.2 Å². The van der Waals surface area contributed by atoms with E-state index in [9.17, 15) is 28.6 Å². The summed E-state index contributed by atoms with van der Waals surface area (Å²) in [7, 11) is 1.89. The molecule has 5 rings (SSSR count). The van der Waals surface area contributed by atoms with Gasteiger partial charge in [0.25, 0.3) is 5.56 Å². The third-order valence-electron chi connectivity index (χ3n) is 13.6. The Morgan fingerprint density at radius 1 is 0.800 bits per heavy atom. The third-order valence-corrected chi connectivity index (χ3v) is 15.1. The van der Waals surface area contributed by atoms with Gasteiger partial charge in [0.2, 0.25) is 5.60 Å². The first-order valence-corrected chi connectivity index (χ1v) is 28.5. The molecule has 0 bridgehead atoms. The molecular formula is C55H84N3O11P. The fourth-order valence-electron chi connectivity index (χ4n) is 9.55. The predicted octanol–water partition coefficient (Wildman–Crippen LogP) is 10.8. The summed E-state index contributed by atoms with van der Waals surface area (Å²) in [5.74, 6) is -1.71. The molecule has 0 saturated heterocycles. The highest BCUT2D eigenvalue weighted by Crippen LogP contribution is 2.41. The average molecular weight is 994 g/mol. The van der Waals surface area contributed by atoms with Gasteiger partial charge < -0.3 is 42.0 Å². The molecule has 0 spiro atoms. The summed E-state index contributed by atoms with van der Waals surface area (Å²) in [4.78, 5) is 71.3. The van der Waals surface area contributed by atoms with Crippen LogP contribution >= 0.6 is 7.60 Å². The predicted molar refractivity (Wildman–Crippen MR) is 272 cm³/mol. The average Bonchev–Trinajstić information content (AvgIpc) is 3.68. The van der Waals surface area contributed by atoms with Crippen molar-refractivity contribution in [1.82, 2.24) is 9.55 Å². The third kappa shape index (κ3) is 18.0. The Balaban J connectivity index is 1.01. The largest absolute Gasteiger partial charge is 0.778 e. The summed E-state index contributed by atoms with van der Waals surface area (Å²) < 4.78 is 43.5. The number of ether oxygens (including phenoxy) is 4. The maximum Gasteiger partial charge on any atom is 0.355 e. The van der Waals surface area contributed by atoms with Gasteiger partial charge in [0.15, 0.2) is 0 Å². The zero-order valence-corrected chi connectivity index (χ0v) is 44.1. The Morgan fingerprint density at radius 2 is 1.40 bits per heavy atom. The second-order valence-electron chi connectivity index (χ2n) is 20.6. The SMILES string of the molecule is CCCCCCCCCCCCCCCCCOC[C@H](COP(=O)([O-])CCC[N+](C)(C)C)OC(=O)CCCCCCCC(=O)O[C@]1(CC)C(=O)OCc2c1cc1n(c2=O)Cc2cc3ccccc3nc2-1. The lowest BCUT2D eigenvalue weighted by molar-refractivity contribution is -0.870. The first-order chi connectivity index (χ1) is 33.7. The van der Waals surface area contributed by atoms with Crippen molar-refractivity contribution in [3.63, 3.8) is 0 Å². The number of quaternary nitrogens is 1. The zero-order valence-electron chi connectivity index (χ0n) is 43.2. The highest BCUT2D eigenvalue weighted by atomic mass is 31.2. The lowest BCUT2D eigenvalue weighted by atomic mass is 9.85. The molecule has 0 saturated carbocycles. The van der Waals surface area contributed by atoms with Gasteiger partial charge in [-0.15, -0.1) is 0 Å². The van der Waals surface area contributed by atoms with Gasteiger partial charge in [-0.1, -0.05) is 141 Å². The summed E-state index contributed by atoms with van der Waals surface area (Å²) in [5.41, 5.74) is 1.53. The van der Waals surface area contributed by atoms with E-state index in [1.54, 1.807) is 17.6 Å². The lowest BCUT2D eigenvalue weighted by Crippen LogP contribution is -2.47. The first-order valence-electron chi connectivity index (χ1n) is 26.7. The van der Waals surface area contributed by atoms with Crippen molar-refractivity contribution in [3.8, 4) is 11.4 Å². The number of esters is 3. The van der Waals surface area contributed by atoms with Crippen LogP contribution in [0.15, 0.2) is 41.2 Å². The minimum atomic E-state index is -4.13. The van der Waals surface area contributed by atoms with E-state index >= 15 is 0 Å². The van der Waals surface area contributed by atoms with Crippen LogP contribution in [0.5, 0.6) is 0 Å². The normalized spacial score (nSPS) is 16.6. The number of fused-ring (bicyclic) bond motifs is 5. The Kier molecular flexibility index (Phi) is 23.5. The van der Waals surface area contributed by atoms with Crippen molar-refractivity contribution >= 4 is 36.4 Å². The summed E-state index contributed by atoms with van der Waals surface area (Å²) in [6.07, 6.45) is 22.1. The van der Waals surface area contributed by atoms with Crippen LogP contribution in [0.4, 0.5) is 0 Å². The van der Waals surface area contributed by atoms with E-state index in [2.05, 4.69) is 6.92 Å². The molecule has 2 aromatic heterocycles. The van der Waals surface area contributed by atoms with Crippen molar-refractivity contribution in [2.24, 2.45) is 0 Å². The van der Waals surface area contributed by atoms with Gasteiger partial charge in [0.05, 0.1) is 69.9 Å². The van der Waals surface area contributed by atoms with Crippen LogP contribution < -0.4 is 10.5 Å². The number of hydrogen-bond acceptors (Lipinski definition) is 12. The number of para-hydroxylation sites is 1. The number of carbonyl (C=O) groups is 3.